The van der Waals surface area contributed by atoms with E-state index in [9.17, 15) is 0 Å². The Labute approximate surface area is 190 Å². The molecule has 4 aromatic rings. The Kier molecular flexibility index (Phi) is 15.1. The minimum Gasteiger partial charge on any atom is -0.341 e. The molecular weight excluding hydrogens is 474 g/mol. The fraction of sp³-hybridized carbons (Fsp3) is 0.250. The van der Waals surface area contributed by atoms with Crippen molar-refractivity contribution in [3.8, 4) is 0 Å². The largest absolute Gasteiger partial charge is 0.440 e. The van der Waals surface area contributed by atoms with Crippen molar-refractivity contribution in [1.29, 1.82) is 0 Å². The zero-order chi connectivity index (χ0) is 22.1. The van der Waals surface area contributed by atoms with Crippen LogP contribution in [-0.2, 0) is 28.2 Å². The predicted molar refractivity (Wildman–Crippen MR) is 122 cm³/mol. The maximum Gasteiger partial charge on any atom is 0.440 e. The van der Waals surface area contributed by atoms with Crippen molar-refractivity contribution in [2.24, 2.45) is 28.2 Å². The lowest BCUT2D eigenvalue weighted by atomic mass is 10.9. The second-order valence-corrected chi connectivity index (χ2v) is 16.5. The molecule has 0 aliphatic rings. The van der Waals surface area contributed by atoms with E-state index in [1.165, 1.54) is 0 Å². The summed E-state index contributed by atoms with van der Waals surface area (Å²) < 4.78 is 7.56. The molecule has 0 aliphatic heterocycles. The molecule has 0 bridgehead atoms. The monoisotopic (exact) mass is 496 g/mol. The van der Waals surface area contributed by atoms with Gasteiger partial charge < -0.3 is 18.3 Å². The van der Waals surface area contributed by atoms with Gasteiger partial charge in [-0.05, 0) is 0 Å². The summed E-state index contributed by atoms with van der Waals surface area (Å²) in [5.74, 6) is 0. The Morgan fingerprint density at radius 2 is 0.655 bits per heavy atom. The van der Waals surface area contributed by atoms with Gasteiger partial charge in [0.1, 0.15) is 0 Å². The molecule has 0 aromatic carbocycles. The van der Waals surface area contributed by atoms with Crippen LogP contribution < -0.4 is 0 Å². The first-order chi connectivity index (χ1) is 13.6. The molecule has 0 atom stereocenters. The van der Waals surface area contributed by atoms with Gasteiger partial charge in [0.05, 0.1) is 25.3 Å². The number of hydrogen-bond donors (Lipinski definition) is 0. The van der Waals surface area contributed by atoms with E-state index in [-0.39, 0.29) is 0 Å². The number of hydrogen-bond acceptors (Lipinski definition) is 4. The number of halogens is 4. The Morgan fingerprint density at radius 3 is 0.690 bits per heavy atom. The fourth-order valence-corrected chi connectivity index (χ4v) is 1.30. The molecule has 13 heteroatoms. The SMILES string of the molecule is Cl[Si](Cl)(Cl)Cl.Cn1ccnc1.Cn1ccnc1.Cn1ccnc1.Cn1ccnc1. The van der Waals surface area contributed by atoms with Crippen LogP contribution in [0.25, 0.3) is 0 Å². The Balaban J connectivity index is 0.000000339. The normalized spacial score (nSPS) is 9.38. The quantitative estimate of drug-likeness (QED) is 0.271. The van der Waals surface area contributed by atoms with Crippen LogP contribution in [0.5, 0.6) is 0 Å². The van der Waals surface area contributed by atoms with Gasteiger partial charge in [0.15, 0.2) is 0 Å². The number of imidazole rings is 4. The van der Waals surface area contributed by atoms with Gasteiger partial charge in [0, 0.05) is 77.8 Å². The standard InChI is InChI=1S/4C4H6N2.Cl4Si/c4*1-6-3-2-5-4-6;1-5(2,3)4/h4*2-4H,1H3;. The average molecular weight is 498 g/mol. The highest BCUT2D eigenvalue weighted by molar-refractivity contribution is 7.81. The van der Waals surface area contributed by atoms with Gasteiger partial charge in [-0.1, -0.05) is 0 Å². The van der Waals surface area contributed by atoms with E-state index in [2.05, 4.69) is 19.9 Å². The zero-order valence-corrected chi connectivity index (χ0v) is 20.5. The van der Waals surface area contributed by atoms with Crippen LogP contribution in [0.15, 0.2) is 74.9 Å². The van der Waals surface area contributed by atoms with Crippen LogP contribution in [0, 0.1) is 0 Å². The van der Waals surface area contributed by atoms with E-state index >= 15 is 0 Å². The molecule has 0 saturated carbocycles. The summed E-state index contributed by atoms with van der Waals surface area (Å²) in [6.07, 6.45) is 21.6. The highest BCUT2D eigenvalue weighted by Crippen LogP contribution is 2.23. The van der Waals surface area contributed by atoms with E-state index in [1.807, 2.05) is 71.2 Å². The fourth-order valence-electron chi connectivity index (χ4n) is 1.30. The van der Waals surface area contributed by atoms with Crippen LogP contribution in [-0.4, -0.2) is 43.5 Å². The van der Waals surface area contributed by atoms with Crippen molar-refractivity contribution in [1.82, 2.24) is 38.2 Å². The van der Waals surface area contributed by atoms with E-state index in [1.54, 1.807) is 50.1 Å². The van der Waals surface area contributed by atoms with Gasteiger partial charge in [-0.15, -0.1) is 44.3 Å². The van der Waals surface area contributed by atoms with Crippen LogP contribution in [0.3, 0.4) is 0 Å². The lowest BCUT2D eigenvalue weighted by molar-refractivity contribution is 0.913. The van der Waals surface area contributed by atoms with E-state index in [0.717, 1.165) is 0 Å². The first-order valence-corrected chi connectivity index (χ1v) is 14.1. The number of rotatable bonds is 0. The molecule has 0 fully saturated rings. The van der Waals surface area contributed by atoms with Crippen LogP contribution in [0.2, 0.25) is 0 Å². The van der Waals surface area contributed by atoms with Crippen molar-refractivity contribution >= 4 is 49.6 Å². The zero-order valence-electron chi connectivity index (χ0n) is 16.5. The average Bonchev–Trinajstić information content (AvgIpc) is 3.38. The van der Waals surface area contributed by atoms with Crippen LogP contribution >= 0.6 is 44.3 Å². The topological polar surface area (TPSA) is 71.3 Å². The van der Waals surface area contributed by atoms with Crippen molar-refractivity contribution in [3.63, 3.8) is 0 Å². The molecule has 4 heterocycles. The van der Waals surface area contributed by atoms with E-state index in [0.29, 0.717) is 0 Å². The van der Waals surface area contributed by atoms with Gasteiger partial charge in [0.2, 0.25) is 0 Å². The number of aromatic nitrogens is 8. The summed E-state index contributed by atoms with van der Waals surface area (Å²) in [4.78, 5) is 15.1. The summed E-state index contributed by atoms with van der Waals surface area (Å²) in [6, 6.07) is 0. The first kappa shape index (κ1) is 27.2. The van der Waals surface area contributed by atoms with Crippen molar-refractivity contribution in [3.05, 3.63) is 74.9 Å². The molecule has 29 heavy (non-hydrogen) atoms. The molecule has 4 aromatic heterocycles. The second-order valence-electron chi connectivity index (χ2n) is 5.34. The molecule has 0 amide bonds. The van der Waals surface area contributed by atoms with Gasteiger partial charge in [0.25, 0.3) is 0 Å². The second kappa shape index (κ2) is 16.1. The minimum absolute atomic E-state index is 1.75. The van der Waals surface area contributed by atoms with Gasteiger partial charge in [-0.3, -0.25) is 0 Å². The smallest absolute Gasteiger partial charge is 0.341 e. The molecule has 160 valence electrons. The van der Waals surface area contributed by atoms with Crippen molar-refractivity contribution < 1.29 is 0 Å². The highest BCUT2D eigenvalue weighted by atomic mass is 36.0. The maximum atomic E-state index is 4.97. The molecule has 0 N–H and O–H groups in total. The molecular formula is C16H24Cl4N8Si. The molecule has 0 aliphatic carbocycles. The summed E-state index contributed by atoms with van der Waals surface area (Å²) >= 11 is 19.9. The van der Waals surface area contributed by atoms with Crippen LogP contribution in [0.1, 0.15) is 0 Å². The maximum absolute atomic E-state index is 4.97. The third-order valence-electron chi connectivity index (χ3n) is 2.55. The Bertz CT molecular complexity index is 663. The Hall–Kier alpha value is -1.78. The van der Waals surface area contributed by atoms with E-state index in [4.69, 9.17) is 44.3 Å². The molecule has 8 nitrogen and oxygen atoms in total. The molecule has 0 radical (unpaired) electrons. The van der Waals surface area contributed by atoms with Gasteiger partial charge in [-0.2, -0.15) is 0 Å². The predicted octanol–water partition coefficient (Wildman–Crippen LogP) is 4.06. The lowest BCUT2D eigenvalue weighted by Gasteiger charge is -1.85. The van der Waals surface area contributed by atoms with Crippen molar-refractivity contribution in [2.45, 2.75) is 0 Å². The Morgan fingerprint density at radius 1 is 0.483 bits per heavy atom. The minimum atomic E-state index is -2.72. The summed E-state index contributed by atoms with van der Waals surface area (Å²) in [5, 5.41) is -2.72. The molecule has 0 saturated heterocycles. The summed E-state index contributed by atoms with van der Waals surface area (Å²) in [7, 11) is 7.75. The first-order valence-electron chi connectivity index (χ1n) is 8.01. The third-order valence-corrected chi connectivity index (χ3v) is 2.55. The summed E-state index contributed by atoms with van der Waals surface area (Å²) in [5.41, 5.74) is 0. The van der Waals surface area contributed by atoms with Gasteiger partial charge in [-0.25, -0.2) is 19.9 Å². The van der Waals surface area contributed by atoms with Gasteiger partial charge >= 0.3 is 5.31 Å². The number of aryl methyl sites for hydroxylation is 4. The molecule has 0 spiro atoms. The van der Waals surface area contributed by atoms with Crippen molar-refractivity contribution in [2.75, 3.05) is 0 Å². The number of nitrogens with zero attached hydrogens (tertiary/aromatic N) is 8. The highest BCUT2D eigenvalue weighted by Gasteiger charge is 2.19. The summed E-state index contributed by atoms with van der Waals surface area (Å²) in [6.45, 7) is 0. The lowest BCUT2D eigenvalue weighted by Crippen LogP contribution is -1.91. The van der Waals surface area contributed by atoms with Crippen LogP contribution in [0.4, 0.5) is 0 Å². The third kappa shape index (κ3) is 22.4. The molecule has 4 rings (SSSR count). The van der Waals surface area contributed by atoms with E-state index < -0.39 is 5.31 Å². The molecule has 0 unspecified atom stereocenters.